The number of hydrogen-bond donors (Lipinski definition) is 1. The number of ketones is 2. The molecule has 1 aliphatic rings. The first-order valence-electron chi connectivity index (χ1n) is 9.71. The quantitative estimate of drug-likeness (QED) is 0.702. The van der Waals surface area contributed by atoms with Crippen LogP contribution in [0.5, 0.6) is 0 Å². The summed E-state index contributed by atoms with van der Waals surface area (Å²) < 4.78 is 1.73. The molecular formula is C23H22N4O2. The molecule has 1 heterocycles. The van der Waals surface area contributed by atoms with Gasteiger partial charge in [0.2, 0.25) is 5.78 Å². The zero-order chi connectivity index (χ0) is 20.4. The molecule has 0 radical (unpaired) electrons. The third-order valence-electron chi connectivity index (χ3n) is 5.20. The van der Waals surface area contributed by atoms with Gasteiger partial charge in [-0.3, -0.25) is 14.3 Å². The zero-order valence-electron chi connectivity index (χ0n) is 16.5. The lowest BCUT2D eigenvalue weighted by molar-refractivity contribution is 0.0968. The van der Waals surface area contributed by atoms with Crippen molar-refractivity contribution in [1.82, 2.24) is 20.3 Å². The van der Waals surface area contributed by atoms with E-state index in [1.165, 1.54) is 5.56 Å². The molecule has 0 saturated heterocycles. The molecule has 0 spiro atoms. The van der Waals surface area contributed by atoms with Crippen molar-refractivity contribution in [2.24, 2.45) is 0 Å². The van der Waals surface area contributed by atoms with Crippen molar-refractivity contribution in [3.63, 3.8) is 0 Å². The summed E-state index contributed by atoms with van der Waals surface area (Å²) in [5, 5.41) is 11.5. The van der Waals surface area contributed by atoms with Crippen LogP contribution < -0.4 is 5.32 Å². The number of hydrogen-bond acceptors (Lipinski definition) is 5. The van der Waals surface area contributed by atoms with Gasteiger partial charge < -0.3 is 5.32 Å². The highest BCUT2D eigenvalue weighted by molar-refractivity contribution is 6.26. The number of benzene rings is 2. The highest BCUT2D eigenvalue weighted by Gasteiger charge is 2.29. The van der Waals surface area contributed by atoms with Crippen LogP contribution in [0.2, 0.25) is 0 Å². The minimum atomic E-state index is -0.145. The fourth-order valence-electron chi connectivity index (χ4n) is 3.46. The van der Waals surface area contributed by atoms with Crippen molar-refractivity contribution >= 4 is 11.6 Å². The molecule has 0 atom stereocenters. The molecule has 1 aromatic heterocycles. The topological polar surface area (TPSA) is 76.9 Å². The van der Waals surface area contributed by atoms with Crippen LogP contribution in [0.3, 0.4) is 0 Å². The number of fused-ring (bicyclic) bond motifs is 1. The van der Waals surface area contributed by atoms with Gasteiger partial charge in [0.1, 0.15) is 5.69 Å². The second kappa shape index (κ2) is 7.83. The van der Waals surface area contributed by atoms with Gasteiger partial charge in [-0.15, -0.1) is 5.10 Å². The second-order valence-electron chi connectivity index (χ2n) is 7.05. The fourth-order valence-corrected chi connectivity index (χ4v) is 3.46. The molecule has 0 fully saturated rings. The maximum Gasteiger partial charge on any atom is 0.209 e. The molecule has 4 rings (SSSR count). The van der Waals surface area contributed by atoms with Gasteiger partial charge >= 0.3 is 0 Å². The van der Waals surface area contributed by atoms with Gasteiger partial charge in [-0.25, -0.2) is 0 Å². The maximum absolute atomic E-state index is 12.7. The van der Waals surface area contributed by atoms with Gasteiger partial charge in [-0.2, -0.15) is 0 Å². The standard InChI is InChI=1S/C23H22N4O2/c1-3-16-8-10-17(11-9-16)20-14-27(26-25-20)13-12-24-21-15(2)22(28)18-6-4-5-7-19(18)23(21)29/h4-11,14,24H,3,12-13H2,1-2H3. The Bertz CT molecular complexity index is 1110. The molecule has 6 heteroatoms. The molecular weight excluding hydrogens is 364 g/mol. The number of aromatic nitrogens is 3. The van der Waals surface area contributed by atoms with Crippen LogP contribution in [0.1, 0.15) is 40.1 Å². The number of aryl methyl sites for hydroxylation is 1. The van der Waals surface area contributed by atoms with Gasteiger partial charge in [-0.05, 0) is 18.9 Å². The number of nitrogens with zero attached hydrogens (tertiary/aromatic N) is 3. The van der Waals surface area contributed by atoms with Gasteiger partial charge in [0.25, 0.3) is 0 Å². The molecule has 6 nitrogen and oxygen atoms in total. The molecule has 0 saturated carbocycles. The SMILES string of the molecule is CCc1ccc(-c2cn(CCNC3=C(C)C(=O)c4ccccc4C3=O)nn2)cc1. The van der Waals surface area contributed by atoms with Crippen LogP contribution in [0.25, 0.3) is 11.3 Å². The lowest BCUT2D eigenvalue weighted by atomic mass is 9.88. The summed E-state index contributed by atoms with van der Waals surface area (Å²) in [6.07, 6.45) is 2.88. The van der Waals surface area contributed by atoms with E-state index in [4.69, 9.17) is 0 Å². The average Bonchev–Trinajstić information content (AvgIpc) is 3.23. The van der Waals surface area contributed by atoms with Gasteiger partial charge in [0.05, 0.1) is 18.4 Å². The number of allylic oxidation sites excluding steroid dienone is 2. The van der Waals surface area contributed by atoms with E-state index in [1.807, 2.05) is 18.3 Å². The Hall–Kier alpha value is -3.54. The summed E-state index contributed by atoms with van der Waals surface area (Å²) in [5.74, 6) is -0.255. The molecule has 29 heavy (non-hydrogen) atoms. The number of carbonyl (C=O) groups excluding carboxylic acids is 2. The molecule has 0 unspecified atom stereocenters. The van der Waals surface area contributed by atoms with Crippen LogP contribution >= 0.6 is 0 Å². The third kappa shape index (κ3) is 3.61. The lowest BCUT2D eigenvalue weighted by Gasteiger charge is -2.20. The summed E-state index contributed by atoms with van der Waals surface area (Å²) in [6.45, 7) is 4.80. The maximum atomic E-state index is 12.7. The van der Waals surface area contributed by atoms with E-state index in [-0.39, 0.29) is 11.6 Å². The summed E-state index contributed by atoms with van der Waals surface area (Å²) in [6, 6.07) is 15.2. The van der Waals surface area contributed by atoms with Gasteiger partial charge in [0, 0.05) is 28.8 Å². The largest absolute Gasteiger partial charge is 0.380 e. The summed E-state index contributed by atoms with van der Waals surface area (Å²) in [7, 11) is 0. The molecule has 0 amide bonds. The van der Waals surface area contributed by atoms with E-state index >= 15 is 0 Å². The molecule has 0 aliphatic heterocycles. The smallest absolute Gasteiger partial charge is 0.209 e. The van der Waals surface area contributed by atoms with Crippen molar-refractivity contribution in [3.05, 3.63) is 82.7 Å². The predicted octanol–water partition coefficient (Wildman–Crippen LogP) is 3.45. The van der Waals surface area contributed by atoms with E-state index < -0.39 is 0 Å². The van der Waals surface area contributed by atoms with Crippen molar-refractivity contribution in [2.75, 3.05) is 6.54 Å². The summed E-state index contributed by atoms with van der Waals surface area (Å²) in [5.41, 5.74) is 4.83. The Kier molecular flexibility index (Phi) is 5.08. The van der Waals surface area contributed by atoms with Crippen LogP contribution in [-0.2, 0) is 13.0 Å². The molecule has 1 aliphatic carbocycles. The molecule has 0 bridgehead atoms. The third-order valence-corrected chi connectivity index (χ3v) is 5.20. The van der Waals surface area contributed by atoms with E-state index in [0.717, 1.165) is 17.7 Å². The van der Waals surface area contributed by atoms with Crippen molar-refractivity contribution in [3.8, 4) is 11.3 Å². The number of nitrogens with one attached hydrogen (secondary N) is 1. The van der Waals surface area contributed by atoms with Gasteiger partial charge in [0.15, 0.2) is 5.78 Å². The van der Waals surface area contributed by atoms with Crippen LogP contribution in [0.15, 0.2) is 66.0 Å². The normalized spacial score (nSPS) is 13.6. The molecule has 146 valence electrons. The Morgan fingerprint density at radius 1 is 0.966 bits per heavy atom. The monoisotopic (exact) mass is 386 g/mol. The number of rotatable bonds is 6. The Balaban J connectivity index is 1.43. The Morgan fingerprint density at radius 2 is 1.66 bits per heavy atom. The van der Waals surface area contributed by atoms with Crippen molar-refractivity contribution in [1.29, 1.82) is 0 Å². The number of Topliss-reactive ketones (excluding diaryl/α,β-unsaturated/α-hetero) is 2. The lowest BCUT2D eigenvalue weighted by Crippen LogP contribution is -2.31. The average molecular weight is 386 g/mol. The van der Waals surface area contributed by atoms with E-state index in [1.54, 1.807) is 35.9 Å². The Labute approximate surface area is 169 Å². The van der Waals surface area contributed by atoms with Crippen LogP contribution in [0, 0.1) is 0 Å². The Morgan fingerprint density at radius 3 is 2.34 bits per heavy atom. The van der Waals surface area contributed by atoms with Gasteiger partial charge in [-0.1, -0.05) is 60.7 Å². The molecule has 3 aromatic rings. The number of carbonyl (C=O) groups is 2. The van der Waals surface area contributed by atoms with Crippen molar-refractivity contribution < 1.29 is 9.59 Å². The first-order chi connectivity index (χ1) is 14.1. The van der Waals surface area contributed by atoms with Crippen LogP contribution in [0.4, 0.5) is 0 Å². The van der Waals surface area contributed by atoms with Crippen molar-refractivity contribution in [2.45, 2.75) is 26.8 Å². The highest BCUT2D eigenvalue weighted by Crippen LogP contribution is 2.24. The fraction of sp³-hybridized carbons (Fsp3) is 0.217. The summed E-state index contributed by atoms with van der Waals surface area (Å²) in [4.78, 5) is 25.3. The predicted molar refractivity (Wildman–Crippen MR) is 111 cm³/mol. The van der Waals surface area contributed by atoms with E-state index in [9.17, 15) is 9.59 Å². The minimum Gasteiger partial charge on any atom is -0.380 e. The molecule has 1 N–H and O–H groups in total. The second-order valence-corrected chi connectivity index (χ2v) is 7.05. The summed E-state index contributed by atoms with van der Waals surface area (Å²) >= 11 is 0. The first kappa shape index (κ1) is 18.8. The van der Waals surface area contributed by atoms with E-state index in [0.29, 0.717) is 35.5 Å². The first-order valence-corrected chi connectivity index (χ1v) is 9.71. The van der Waals surface area contributed by atoms with E-state index in [2.05, 4.69) is 34.7 Å². The highest BCUT2D eigenvalue weighted by atomic mass is 16.1. The molecule has 2 aromatic carbocycles. The van der Waals surface area contributed by atoms with Crippen LogP contribution in [-0.4, -0.2) is 33.1 Å². The minimum absolute atomic E-state index is 0.110. The zero-order valence-corrected chi connectivity index (χ0v) is 16.5.